The molecule has 0 radical (unpaired) electrons. The van der Waals surface area contributed by atoms with E-state index in [1.807, 2.05) is 20.8 Å². The van der Waals surface area contributed by atoms with Gasteiger partial charge in [-0.3, -0.25) is 4.79 Å². The Kier molecular flexibility index (Phi) is 10.0. The number of ether oxygens (including phenoxy) is 2. The first-order valence-corrected chi connectivity index (χ1v) is 7.21. The molecule has 0 rings (SSSR count). The molecule has 0 aliphatic rings. The topological polar surface area (TPSA) is 35.5 Å². The van der Waals surface area contributed by atoms with Gasteiger partial charge in [0, 0.05) is 6.61 Å². The maximum atomic E-state index is 11.9. The van der Waals surface area contributed by atoms with E-state index in [9.17, 15) is 4.79 Å². The minimum atomic E-state index is -0.0964. The fraction of sp³-hybridized carbons (Fsp3) is 0.933. The monoisotopic (exact) mass is 258 g/mol. The maximum absolute atomic E-state index is 11.9. The van der Waals surface area contributed by atoms with Crippen LogP contribution in [0.25, 0.3) is 0 Å². The second-order valence-electron chi connectivity index (χ2n) is 5.71. The van der Waals surface area contributed by atoms with Crippen molar-refractivity contribution in [2.24, 2.45) is 17.8 Å². The van der Waals surface area contributed by atoms with Crippen molar-refractivity contribution in [1.29, 1.82) is 0 Å². The lowest BCUT2D eigenvalue weighted by molar-refractivity contribution is -0.152. The number of esters is 1. The molecule has 0 amide bonds. The van der Waals surface area contributed by atoms with Crippen molar-refractivity contribution in [2.75, 3.05) is 19.8 Å². The van der Waals surface area contributed by atoms with Crippen LogP contribution in [0.5, 0.6) is 0 Å². The van der Waals surface area contributed by atoms with Crippen LogP contribution in [-0.4, -0.2) is 25.8 Å². The molecule has 0 aliphatic carbocycles. The van der Waals surface area contributed by atoms with Gasteiger partial charge in [-0.15, -0.1) is 0 Å². The van der Waals surface area contributed by atoms with E-state index in [2.05, 4.69) is 13.8 Å². The van der Waals surface area contributed by atoms with E-state index < -0.39 is 0 Å². The van der Waals surface area contributed by atoms with Crippen molar-refractivity contribution in [3.8, 4) is 0 Å². The van der Waals surface area contributed by atoms with E-state index in [0.717, 1.165) is 19.3 Å². The van der Waals surface area contributed by atoms with Crippen molar-refractivity contribution < 1.29 is 14.3 Å². The normalized spacial score (nSPS) is 13.1. The Morgan fingerprint density at radius 2 is 1.67 bits per heavy atom. The Balaban J connectivity index is 4.06. The summed E-state index contributed by atoms with van der Waals surface area (Å²) in [6.07, 6.45) is 3.08. The molecule has 0 N–H and O–H groups in total. The average Bonchev–Trinajstić information content (AvgIpc) is 2.30. The highest BCUT2D eigenvalue weighted by molar-refractivity contribution is 5.72. The van der Waals surface area contributed by atoms with Crippen molar-refractivity contribution in [1.82, 2.24) is 0 Å². The molecule has 1 atom stereocenters. The number of hydrogen-bond donors (Lipinski definition) is 0. The van der Waals surface area contributed by atoms with E-state index in [-0.39, 0.29) is 11.9 Å². The third kappa shape index (κ3) is 9.46. The van der Waals surface area contributed by atoms with Gasteiger partial charge in [-0.25, -0.2) is 0 Å². The van der Waals surface area contributed by atoms with Gasteiger partial charge in [-0.1, -0.05) is 40.5 Å². The van der Waals surface area contributed by atoms with Gasteiger partial charge in [0.05, 0.1) is 19.1 Å². The van der Waals surface area contributed by atoms with Crippen LogP contribution in [0.1, 0.15) is 53.9 Å². The van der Waals surface area contributed by atoms with Crippen LogP contribution >= 0.6 is 0 Å². The zero-order valence-electron chi connectivity index (χ0n) is 12.7. The van der Waals surface area contributed by atoms with E-state index >= 15 is 0 Å². The molecule has 0 heterocycles. The van der Waals surface area contributed by atoms with Crippen LogP contribution in [0, 0.1) is 17.8 Å². The summed E-state index contributed by atoms with van der Waals surface area (Å²) in [5, 5.41) is 0. The molecular weight excluding hydrogens is 228 g/mol. The van der Waals surface area contributed by atoms with Crippen LogP contribution in [0.4, 0.5) is 0 Å². The van der Waals surface area contributed by atoms with Gasteiger partial charge in [0.25, 0.3) is 0 Å². The molecule has 0 aromatic heterocycles. The number of hydrogen-bond acceptors (Lipinski definition) is 3. The van der Waals surface area contributed by atoms with E-state index in [1.165, 1.54) is 0 Å². The Labute approximate surface area is 112 Å². The smallest absolute Gasteiger partial charge is 0.311 e. The molecule has 18 heavy (non-hydrogen) atoms. The summed E-state index contributed by atoms with van der Waals surface area (Å²) in [5.74, 6) is 0.880. The summed E-state index contributed by atoms with van der Waals surface area (Å²) >= 11 is 0. The lowest BCUT2D eigenvalue weighted by Gasteiger charge is -2.17. The summed E-state index contributed by atoms with van der Waals surface area (Å²) in [4.78, 5) is 11.9. The summed E-state index contributed by atoms with van der Waals surface area (Å²) < 4.78 is 10.7. The quantitative estimate of drug-likeness (QED) is 0.561. The van der Waals surface area contributed by atoms with Gasteiger partial charge in [0.15, 0.2) is 0 Å². The first-order chi connectivity index (χ1) is 8.47. The minimum Gasteiger partial charge on any atom is -0.465 e. The molecule has 0 saturated carbocycles. The first-order valence-electron chi connectivity index (χ1n) is 7.21. The average molecular weight is 258 g/mol. The summed E-state index contributed by atoms with van der Waals surface area (Å²) in [7, 11) is 0. The van der Waals surface area contributed by atoms with Crippen molar-refractivity contribution in [2.45, 2.75) is 53.9 Å². The predicted octanol–water partition coefficient (Wildman–Crippen LogP) is 3.66. The van der Waals surface area contributed by atoms with Crippen LogP contribution in [0.2, 0.25) is 0 Å². The van der Waals surface area contributed by atoms with E-state index in [1.54, 1.807) is 0 Å². The molecule has 0 saturated heterocycles. The van der Waals surface area contributed by atoms with Crippen LogP contribution in [0.15, 0.2) is 0 Å². The molecule has 1 unspecified atom stereocenters. The standard InChI is InChI=1S/C15H30O3/c1-6-17-11-14(9-7-8-12(2)3)15(16)18-10-13(4)5/h12-14H,6-11H2,1-5H3. The van der Waals surface area contributed by atoms with Gasteiger partial charge in [0.1, 0.15) is 0 Å². The summed E-state index contributed by atoms with van der Waals surface area (Å²) in [5.41, 5.74) is 0. The number of carbonyl (C=O) groups is 1. The number of carbonyl (C=O) groups excluding carboxylic acids is 1. The minimum absolute atomic E-state index is 0.0950. The lowest BCUT2D eigenvalue weighted by Crippen LogP contribution is -2.24. The van der Waals surface area contributed by atoms with Crippen molar-refractivity contribution >= 4 is 5.97 Å². The maximum Gasteiger partial charge on any atom is 0.311 e. The third-order valence-corrected chi connectivity index (χ3v) is 2.75. The molecule has 0 aliphatic heterocycles. The Morgan fingerprint density at radius 1 is 1.00 bits per heavy atom. The second kappa shape index (κ2) is 10.4. The SMILES string of the molecule is CCOCC(CCCC(C)C)C(=O)OCC(C)C. The molecule has 0 aromatic rings. The van der Waals surface area contributed by atoms with Crippen molar-refractivity contribution in [3.05, 3.63) is 0 Å². The van der Waals surface area contributed by atoms with Crippen LogP contribution < -0.4 is 0 Å². The largest absolute Gasteiger partial charge is 0.465 e. The molecular formula is C15H30O3. The van der Waals surface area contributed by atoms with Crippen LogP contribution in [-0.2, 0) is 14.3 Å². The van der Waals surface area contributed by atoms with Gasteiger partial charge < -0.3 is 9.47 Å². The fourth-order valence-corrected chi connectivity index (χ4v) is 1.67. The zero-order chi connectivity index (χ0) is 14.0. The van der Waals surface area contributed by atoms with E-state index in [4.69, 9.17) is 9.47 Å². The van der Waals surface area contributed by atoms with Gasteiger partial charge in [-0.2, -0.15) is 0 Å². The number of rotatable bonds is 10. The van der Waals surface area contributed by atoms with Crippen LogP contribution in [0.3, 0.4) is 0 Å². The van der Waals surface area contributed by atoms with Crippen molar-refractivity contribution in [3.63, 3.8) is 0 Å². The Bertz CT molecular complexity index is 212. The summed E-state index contributed by atoms with van der Waals surface area (Å²) in [6, 6.07) is 0. The highest BCUT2D eigenvalue weighted by atomic mass is 16.5. The second-order valence-corrected chi connectivity index (χ2v) is 5.71. The zero-order valence-corrected chi connectivity index (χ0v) is 12.7. The molecule has 3 heteroatoms. The molecule has 0 aromatic carbocycles. The third-order valence-electron chi connectivity index (χ3n) is 2.75. The highest BCUT2D eigenvalue weighted by Crippen LogP contribution is 2.15. The summed E-state index contributed by atoms with van der Waals surface area (Å²) in [6.45, 7) is 12.1. The Hall–Kier alpha value is -0.570. The Morgan fingerprint density at radius 3 is 2.17 bits per heavy atom. The first kappa shape index (κ1) is 17.4. The molecule has 0 spiro atoms. The lowest BCUT2D eigenvalue weighted by atomic mass is 9.99. The van der Waals surface area contributed by atoms with Gasteiger partial charge >= 0.3 is 5.97 Å². The fourth-order valence-electron chi connectivity index (χ4n) is 1.67. The van der Waals surface area contributed by atoms with Gasteiger partial charge in [0.2, 0.25) is 0 Å². The van der Waals surface area contributed by atoms with E-state index in [0.29, 0.717) is 31.7 Å². The highest BCUT2D eigenvalue weighted by Gasteiger charge is 2.20. The predicted molar refractivity (Wildman–Crippen MR) is 74.5 cm³/mol. The molecule has 3 nitrogen and oxygen atoms in total. The molecule has 108 valence electrons. The molecule has 0 fully saturated rings. The molecule has 0 bridgehead atoms. The van der Waals surface area contributed by atoms with Gasteiger partial charge in [-0.05, 0) is 25.2 Å².